The van der Waals surface area contributed by atoms with Gasteiger partial charge < -0.3 is 4.90 Å². The van der Waals surface area contributed by atoms with E-state index in [1.165, 1.54) is 51.5 Å². The van der Waals surface area contributed by atoms with Crippen LogP contribution in [0.1, 0.15) is 79.6 Å². The molecule has 2 aliphatic carbocycles. The summed E-state index contributed by atoms with van der Waals surface area (Å²) in [4.78, 5) is 2.61. The van der Waals surface area contributed by atoms with Crippen LogP contribution in [0.3, 0.4) is 0 Å². The fraction of sp³-hybridized carbons (Fsp3) is 1.00. The molecular formula is C18H37N. The summed E-state index contributed by atoms with van der Waals surface area (Å²) in [7, 11) is 2.32. The summed E-state index contributed by atoms with van der Waals surface area (Å²) < 4.78 is 0. The lowest BCUT2D eigenvalue weighted by Crippen LogP contribution is -2.42. The molecule has 114 valence electrons. The first-order valence-corrected chi connectivity index (χ1v) is 8.55. The topological polar surface area (TPSA) is 3.24 Å². The lowest BCUT2D eigenvalue weighted by atomic mass is 9.60. The molecule has 0 aromatic carbocycles. The van der Waals surface area contributed by atoms with Gasteiger partial charge >= 0.3 is 0 Å². The van der Waals surface area contributed by atoms with E-state index in [-0.39, 0.29) is 0 Å². The van der Waals surface area contributed by atoms with E-state index in [4.69, 9.17) is 0 Å². The van der Waals surface area contributed by atoms with Crippen LogP contribution >= 0.6 is 0 Å². The van der Waals surface area contributed by atoms with Crippen molar-refractivity contribution in [3.8, 4) is 0 Å². The Kier molecular flexibility index (Phi) is 6.86. The Labute approximate surface area is 122 Å². The zero-order valence-electron chi connectivity index (χ0n) is 14.3. The molecule has 0 aliphatic heterocycles. The molecule has 0 saturated heterocycles. The van der Waals surface area contributed by atoms with Gasteiger partial charge in [0.1, 0.15) is 0 Å². The van der Waals surface area contributed by atoms with Crippen LogP contribution in [0, 0.1) is 17.3 Å². The van der Waals surface area contributed by atoms with Gasteiger partial charge in [0.15, 0.2) is 0 Å². The van der Waals surface area contributed by atoms with Crippen LogP contribution < -0.4 is 0 Å². The van der Waals surface area contributed by atoms with E-state index in [0.717, 1.165) is 23.3 Å². The molecule has 0 atom stereocenters. The second-order valence-electron chi connectivity index (χ2n) is 8.15. The fourth-order valence-corrected chi connectivity index (χ4v) is 3.56. The van der Waals surface area contributed by atoms with E-state index in [1.54, 1.807) is 0 Å². The molecule has 0 aromatic rings. The Morgan fingerprint density at radius 3 is 1.74 bits per heavy atom. The normalized spacial score (nSPS) is 22.6. The van der Waals surface area contributed by atoms with E-state index in [1.807, 2.05) is 0 Å². The Bertz CT molecular complexity index is 227. The van der Waals surface area contributed by atoms with Gasteiger partial charge in [-0.15, -0.1) is 0 Å². The van der Waals surface area contributed by atoms with Crippen molar-refractivity contribution in [1.82, 2.24) is 4.90 Å². The predicted octanol–water partition coefficient (Wildman–Crippen LogP) is 5.35. The van der Waals surface area contributed by atoms with Crippen molar-refractivity contribution in [3.63, 3.8) is 0 Å². The zero-order valence-corrected chi connectivity index (χ0v) is 14.3. The van der Waals surface area contributed by atoms with Gasteiger partial charge in [0.05, 0.1) is 0 Å². The SMILES string of the molecule is CC(C)C.CC(C)CN(C)C1CCC2(CCC2)CC1. The molecule has 0 bridgehead atoms. The molecule has 1 heteroatoms. The van der Waals surface area contributed by atoms with Gasteiger partial charge in [0.25, 0.3) is 0 Å². The van der Waals surface area contributed by atoms with Crippen molar-refractivity contribution in [2.45, 2.75) is 85.6 Å². The molecule has 2 rings (SSSR count). The first-order valence-electron chi connectivity index (χ1n) is 8.55. The van der Waals surface area contributed by atoms with Crippen molar-refractivity contribution >= 4 is 0 Å². The smallest absolute Gasteiger partial charge is 0.00927 e. The summed E-state index contributed by atoms with van der Waals surface area (Å²) in [5, 5.41) is 0. The Hall–Kier alpha value is -0.0400. The van der Waals surface area contributed by atoms with Gasteiger partial charge in [0.2, 0.25) is 0 Å². The summed E-state index contributed by atoms with van der Waals surface area (Å²) >= 11 is 0. The van der Waals surface area contributed by atoms with Gasteiger partial charge in [-0.2, -0.15) is 0 Å². The van der Waals surface area contributed by atoms with Crippen LogP contribution in [-0.4, -0.2) is 24.5 Å². The van der Waals surface area contributed by atoms with Gasteiger partial charge in [-0.25, -0.2) is 0 Å². The highest BCUT2D eigenvalue weighted by Crippen LogP contribution is 2.51. The largest absolute Gasteiger partial charge is 0.303 e. The Morgan fingerprint density at radius 2 is 1.42 bits per heavy atom. The van der Waals surface area contributed by atoms with Crippen molar-refractivity contribution < 1.29 is 0 Å². The van der Waals surface area contributed by atoms with Crippen LogP contribution in [0.2, 0.25) is 0 Å². The summed E-state index contributed by atoms with van der Waals surface area (Å²) in [5.74, 6) is 1.65. The van der Waals surface area contributed by atoms with Crippen LogP contribution in [0.4, 0.5) is 0 Å². The average Bonchev–Trinajstić information content (AvgIpc) is 2.25. The lowest BCUT2D eigenvalue weighted by molar-refractivity contribution is 0.0353. The molecular weight excluding hydrogens is 230 g/mol. The third-order valence-corrected chi connectivity index (χ3v) is 4.71. The van der Waals surface area contributed by atoms with Gasteiger partial charge in [0, 0.05) is 12.6 Å². The van der Waals surface area contributed by atoms with Crippen molar-refractivity contribution in [2.75, 3.05) is 13.6 Å². The molecule has 1 nitrogen and oxygen atoms in total. The highest BCUT2D eigenvalue weighted by molar-refractivity contribution is 4.93. The van der Waals surface area contributed by atoms with Gasteiger partial charge in [-0.05, 0) is 62.8 Å². The average molecular weight is 268 g/mol. The van der Waals surface area contributed by atoms with Crippen molar-refractivity contribution in [2.24, 2.45) is 17.3 Å². The van der Waals surface area contributed by atoms with Crippen LogP contribution in [0.5, 0.6) is 0 Å². The van der Waals surface area contributed by atoms with Gasteiger partial charge in [-0.1, -0.05) is 41.0 Å². The molecule has 0 unspecified atom stereocenters. The van der Waals surface area contributed by atoms with E-state index in [2.05, 4.69) is 46.6 Å². The maximum absolute atomic E-state index is 2.61. The molecule has 0 radical (unpaired) electrons. The number of hydrogen-bond donors (Lipinski definition) is 0. The Balaban J connectivity index is 0.000000399. The number of hydrogen-bond acceptors (Lipinski definition) is 1. The zero-order chi connectivity index (χ0) is 14.5. The minimum Gasteiger partial charge on any atom is -0.303 e. The van der Waals surface area contributed by atoms with E-state index < -0.39 is 0 Å². The van der Waals surface area contributed by atoms with Crippen LogP contribution in [0.15, 0.2) is 0 Å². The minimum absolute atomic E-state index is 0.814. The maximum Gasteiger partial charge on any atom is 0.00927 e. The quantitative estimate of drug-likeness (QED) is 0.666. The molecule has 0 aromatic heterocycles. The van der Waals surface area contributed by atoms with Crippen molar-refractivity contribution in [1.29, 1.82) is 0 Å². The summed E-state index contributed by atoms with van der Waals surface area (Å²) in [6.07, 6.45) is 10.5. The van der Waals surface area contributed by atoms with E-state index in [9.17, 15) is 0 Å². The second-order valence-corrected chi connectivity index (χ2v) is 8.15. The summed E-state index contributed by atoms with van der Waals surface area (Å²) in [5.41, 5.74) is 0.829. The predicted molar refractivity (Wildman–Crippen MR) is 86.5 cm³/mol. The van der Waals surface area contributed by atoms with Crippen molar-refractivity contribution in [3.05, 3.63) is 0 Å². The molecule has 2 fully saturated rings. The highest BCUT2D eigenvalue weighted by atomic mass is 15.1. The second kappa shape index (κ2) is 7.67. The third kappa shape index (κ3) is 5.85. The lowest BCUT2D eigenvalue weighted by Gasteiger charge is -2.48. The monoisotopic (exact) mass is 267 g/mol. The molecule has 0 heterocycles. The van der Waals surface area contributed by atoms with Crippen LogP contribution in [-0.2, 0) is 0 Å². The molecule has 1 spiro atoms. The minimum atomic E-state index is 0.814. The fourth-order valence-electron chi connectivity index (χ4n) is 3.56. The molecule has 0 amide bonds. The maximum atomic E-state index is 2.61. The molecule has 0 N–H and O–H groups in total. The first kappa shape index (κ1) is 17.0. The first-order chi connectivity index (χ1) is 8.84. The number of nitrogens with zero attached hydrogens (tertiary/aromatic N) is 1. The van der Waals surface area contributed by atoms with Crippen LogP contribution in [0.25, 0.3) is 0 Å². The molecule has 2 aliphatic rings. The van der Waals surface area contributed by atoms with Gasteiger partial charge in [-0.3, -0.25) is 0 Å². The summed E-state index contributed by atoms with van der Waals surface area (Å²) in [6.45, 7) is 12.4. The summed E-state index contributed by atoms with van der Waals surface area (Å²) in [6, 6.07) is 0.888. The van der Waals surface area contributed by atoms with E-state index in [0.29, 0.717) is 0 Å². The third-order valence-electron chi connectivity index (χ3n) is 4.71. The highest BCUT2D eigenvalue weighted by Gasteiger charge is 2.40. The Morgan fingerprint density at radius 1 is 0.947 bits per heavy atom. The molecule has 2 saturated carbocycles. The number of rotatable bonds is 3. The standard InChI is InChI=1S/C14H27N.C4H10/c1-12(2)11-15(3)13-5-9-14(10-6-13)7-4-8-14;1-4(2)3/h12-13H,4-11H2,1-3H3;4H,1-3H3. The van der Waals surface area contributed by atoms with E-state index >= 15 is 0 Å². The molecule has 19 heavy (non-hydrogen) atoms.